The summed E-state index contributed by atoms with van der Waals surface area (Å²) >= 11 is 0. The molecular formula is C15H22N2O4. The number of amides is 1. The van der Waals surface area contributed by atoms with E-state index < -0.39 is 17.4 Å². The van der Waals surface area contributed by atoms with E-state index in [0.29, 0.717) is 24.5 Å². The highest BCUT2D eigenvalue weighted by Gasteiger charge is 2.43. The first-order valence-electron chi connectivity index (χ1n) is 7.36. The standard InChI is InChI=1S/C15H22N2O4/c1-9(2)11-8-12(21-17-11)13(18)16-15(14(19)20)6-4-10(3)5-7-15/h8-10H,4-7H2,1-3H3,(H,16,18)(H,19,20). The van der Waals surface area contributed by atoms with Gasteiger partial charge in [-0.05, 0) is 37.5 Å². The molecule has 1 heterocycles. The summed E-state index contributed by atoms with van der Waals surface area (Å²) in [6.07, 6.45) is 2.47. The van der Waals surface area contributed by atoms with Crippen molar-refractivity contribution in [3.63, 3.8) is 0 Å². The van der Waals surface area contributed by atoms with Crippen molar-refractivity contribution in [1.82, 2.24) is 10.5 Å². The number of nitrogens with zero attached hydrogens (tertiary/aromatic N) is 1. The van der Waals surface area contributed by atoms with E-state index in [1.54, 1.807) is 6.07 Å². The van der Waals surface area contributed by atoms with Crippen LogP contribution >= 0.6 is 0 Å². The fourth-order valence-electron chi connectivity index (χ4n) is 2.59. The number of rotatable bonds is 4. The van der Waals surface area contributed by atoms with Crippen LogP contribution in [-0.2, 0) is 4.79 Å². The van der Waals surface area contributed by atoms with Crippen molar-refractivity contribution in [1.29, 1.82) is 0 Å². The summed E-state index contributed by atoms with van der Waals surface area (Å²) in [6.45, 7) is 5.99. The van der Waals surface area contributed by atoms with Crippen molar-refractivity contribution >= 4 is 11.9 Å². The Hall–Kier alpha value is -1.85. The molecule has 6 heteroatoms. The molecule has 2 N–H and O–H groups in total. The van der Waals surface area contributed by atoms with Gasteiger partial charge in [-0.3, -0.25) is 4.79 Å². The van der Waals surface area contributed by atoms with E-state index >= 15 is 0 Å². The first kappa shape index (κ1) is 15.5. The molecule has 21 heavy (non-hydrogen) atoms. The first-order valence-corrected chi connectivity index (χ1v) is 7.36. The molecule has 0 saturated heterocycles. The van der Waals surface area contributed by atoms with Crippen LogP contribution in [0.5, 0.6) is 0 Å². The van der Waals surface area contributed by atoms with Crippen LogP contribution in [0.15, 0.2) is 10.6 Å². The highest BCUT2D eigenvalue weighted by molar-refractivity contribution is 5.95. The molecule has 0 spiro atoms. The molecule has 2 rings (SSSR count). The Bertz CT molecular complexity index is 528. The molecule has 0 aliphatic heterocycles. The molecule has 1 fully saturated rings. The zero-order chi connectivity index (χ0) is 15.6. The third kappa shape index (κ3) is 3.25. The lowest BCUT2D eigenvalue weighted by molar-refractivity contribution is -0.146. The van der Waals surface area contributed by atoms with E-state index in [9.17, 15) is 14.7 Å². The van der Waals surface area contributed by atoms with Gasteiger partial charge < -0.3 is 14.9 Å². The third-order valence-electron chi connectivity index (χ3n) is 4.23. The lowest BCUT2D eigenvalue weighted by atomic mass is 9.77. The summed E-state index contributed by atoms with van der Waals surface area (Å²) in [7, 11) is 0. The van der Waals surface area contributed by atoms with Crippen molar-refractivity contribution in [2.75, 3.05) is 0 Å². The quantitative estimate of drug-likeness (QED) is 0.890. The van der Waals surface area contributed by atoms with Crippen LogP contribution in [-0.4, -0.2) is 27.7 Å². The highest BCUT2D eigenvalue weighted by atomic mass is 16.5. The smallest absolute Gasteiger partial charge is 0.329 e. The van der Waals surface area contributed by atoms with Gasteiger partial charge in [-0.2, -0.15) is 0 Å². The minimum atomic E-state index is -1.19. The minimum absolute atomic E-state index is 0.0675. The van der Waals surface area contributed by atoms with Gasteiger partial charge in [0.25, 0.3) is 5.91 Å². The van der Waals surface area contributed by atoms with Gasteiger partial charge in [0.1, 0.15) is 5.54 Å². The highest BCUT2D eigenvalue weighted by Crippen LogP contribution is 2.32. The van der Waals surface area contributed by atoms with Gasteiger partial charge in [0.15, 0.2) is 0 Å². The normalized spacial score (nSPS) is 25.8. The number of carboxylic acids is 1. The van der Waals surface area contributed by atoms with Crippen LogP contribution in [0.3, 0.4) is 0 Å². The predicted octanol–water partition coefficient (Wildman–Crippen LogP) is 2.56. The van der Waals surface area contributed by atoms with Crippen LogP contribution in [0.4, 0.5) is 0 Å². The van der Waals surface area contributed by atoms with Gasteiger partial charge >= 0.3 is 5.97 Å². The Morgan fingerprint density at radius 3 is 2.52 bits per heavy atom. The number of carbonyl (C=O) groups excluding carboxylic acids is 1. The zero-order valence-corrected chi connectivity index (χ0v) is 12.7. The Balaban J connectivity index is 2.13. The maximum absolute atomic E-state index is 12.2. The lowest BCUT2D eigenvalue weighted by Crippen LogP contribution is -2.56. The van der Waals surface area contributed by atoms with E-state index in [1.807, 2.05) is 13.8 Å². The molecule has 0 unspecified atom stereocenters. The maximum Gasteiger partial charge on any atom is 0.329 e. The fourth-order valence-corrected chi connectivity index (χ4v) is 2.59. The van der Waals surface area contributed by atoms with Crippen molar-refractivity contribution in [3.8, 4) is 0 Å². The SMILES string of the molecule is CC1CCC(NC(=O)c2cc(C(C)C)no2)(C(=O)O)CC1. The second kappa shape index (κ2) is 5.87. The Labute approximate surface area is 123 Å². The molecule has 1 aliphatic rings. The third-order valence-corrected chi connectivity index (χ3v) is 4.23. The zero-order valence-electron chi connectivity index (χ0n) is 12.7. The fraction of sp³-hybridized carbons (Fsp3) is 0.667. The van der Waals surface area contributed by atoms with E-state index in [1.165, 1.54) is 0 Å². The molecular weight excluding hydrogens is 272 g/mol. The van der Waals surface area contributed by atoms with Crippen molar-refractivity contribution < 1.29 is 19.2 Å². The van der Waals surface area contributed by atoms with Crippen LogP contribution in [0.2, 0.25) is 0 Å². The molecule has 0 radical (unpaired) electrons. The summed E-state index contributed by atoms with van der Waals surface area (Å²) in [6, 6.07) is 1.57. The number of aliphatic carboxylic acids is 1. The number of hydrogen-bond donors (Lipinski definition) is 2. The Kier molecular flexibility index (Phi) is 4.34. The van der Waals surface area contributed by atoms with Gasteiger partial charge in [-0.15, -0.1) is 0 Å². The summed E-state index contributed by atoms with van der Waals surface area (Å²) in [5.41, 5.74) is -0.504. The van der Waals surface area contributed by atoms with E-state index in [0.717, 1.165) is 12.8 Å². The van der Waals surface area contributed by atoms with E-state index in [2.05, 4.69) is 17.4 Å². The van der Waals surface area contributed by atoms with Gasteiger partial charge in [-0.1, -0.05) is 25.9 Å². The second-order valence-corrected chi connectivity index (χ2v) is 6.29. The lowest BCUT2D eigenvalue weighted by Gasteiger charge is -2.36. The van der Waals surface area contributed by atoms with E-state index in [-0.39, 0.29) is 11.7 Å². The number of carbonyl (C=O) groups is 2. The molecule has 0 aromatic carbocycles. The van der Waals surface area contributed by atoms with Crippen molar-refractivity contribution in [2.45, 2.75) is 57.9 Å². The summed E-state index contributed by atoms with van der Waals surface area (Å²) in [4.78, 5) is 23.8. The molecule has 1 amide bonds. The monoisotopic (exact) mass is 294 g/mol. The summed E-state index contributed by atoms with van der Waals surface area (Å²) < 4.78 is 5.02. The van der Waals surface area contributed by atoms with Crippen LogP contribution in [0.1, 0.15) is 68.6 Å². The average molecular weight is 294 g/mol. The minimum Gasteiger partial charge on any atom is -0.480 e. The Morgan fingerprint density at radius 1 is 1.43 bits per heavy atom. The summed E-state index contributed by atoms with van der Waals surface area (Å²) in [5.74, 6) is -0.776. The number of carboxylic acid groups (broad SMARTS) is 1. The largest absolute Gasteiger partial charge is 0.480 e. The van der Waals surface area contributed by atoms with Crippen LogP contribution < -0.4 is 5.32 Å². The molecule has 1 aromatic heterocycles. The first-order chi connectivity index (χ1) is 9.84. The van der Waals surface area contributed by atoms with Gasteiger partial charge in [0, 0.05) is 6.07 Å². The number of hydrogen-bond acceptors (Lipinski definition) is 4. The van der Waals surface area contributed by atoms with Gasteiger partial charge in [0.05, 0.1) is 5.69 Å². The van der Waals surface area contributed by atoms with Crippen LogP contribution in [0, 0.1) is 5.92 Å². The molecule has 116 valence electrons. The maximum atomic E-state index is 12.2. The van der Waals surface area contributed by atoms with Gasteiger partial charge in [0.2, 0.25) is 5.76 Å². The topological polar surface area (TPSA) is 92.4 Å². The van der Waals surface area contributed by atoms with E-state index in [4.69, 9.17) is 4.52 Å². The predicted molar refractivity (Wildman–Crippen MR) is 76.1 cm³/mol. The van der Waals surface area contributed by atoms with Crippen LogP contribution in [0.25, 0.3) is 0 Å². The van der Waals surface area contributed by atoms with Crippen molar-refractivity contribution in [3.05, 3.63) is 17.5 Å². The average Bonchev–Trinajstić information content (AvgIpc) is 2.91. The summed E-state index contributed by atoms with van der Waals surface area (Å²) in [5, 5.41) is 16.0. The molecule has 0 atom stereocenters. The van der Waals surface area contributed by atoms with Gasteiger partial charge in [-0.25, -0.2) is 4.79 Å². The van der Waals surface area contributed by atoms with Crippen molar-refractivity contribution in [2.24, 2.45) is 5.92 Å². The number of nitrogens with one attached hydrogen (secondary N) is 1. The molecule has 1 aliphatic carbocycles. The second-order valence-electron chi connectivity index (χ2n) is 6.29. The molecule has 0 bridgehead atoms. The number of aromatic nitrogens is 1. The Morgan fingerprint density at radius 2 is 2.05 bits per heavy atom. The molecule has 1 aromatic rings. The molecule has 6 nitrogen and oxygen atoms in total. The molecule has 1 saturated carbocycles.